The van der Waals surface area contributed by atoms with Crippen LogP contribution in [0.3, 0.4) is 0 Å². The van der Waals surface area contributed by atoms with E-state index in [9.17, 15) is 9.36 Å². The quantitative estimate of drug-likeness (QED) is 0.203. The molecule has 0 aromatic heterocycles. The van der Waals surface area contributed by atoms with Crippen molar-refractivity contribution in [2.45, 2.75) is 77.6 Å². The second-order valence-electron chi connectivity index (χ2n) is 8.11. The first-order valence-electron chi connectivity index (χ1n) is 11.4. The number of rotatable bonds is 15. The van der Waals surface area contributed by atoms with E-state index in [1.165, 1.54) is 56.9 Å². The zero-order valence-electron chi connectivity index (χ0n) is 18.2. The van der Waals surface area contributed by atoms with Crippen LogP contribution in [0.2, 0.25) is 5.02 Å². The average Bonchev–Trinajstić information content (AvgIpc) is 2.74. The highest BCUT2D eigenvalue weighted by molar-refractivity contribution is 7.64. The maximum atomic E-state index is 12.4. The molecular formula is C26H35ClO2P+. The van der Waals surface area contributed by atoms with Gasteiger partial charge in [-0.1, -0.05) is 104 Å². The van der Waals surface area contributed by atoms with E-state index in [-0.39, 0.29) is 5.52 Å². The van der Waals surface area contributed by atoms with Crippen LogP contribution in [-0.4, -0.2) is 11.7 Å². The first-order chi connectivity index (χ1) is 14.6. The maximum absolute atomic E-state index is 12.4. The molecule has 162 valence electrons. The minimum Gasteiger partial charge on any atom is -0.234 e. The van der Waals surface area contributed by atoms with Crippen LogP contribution in [-0.2, 0) is 11.0 Å². The van der Waals surface area contributed by atoms with Crippen LogP contribution in [0.15, 0.2) is 48.5 Å². The Labute approximate surface area is 188 Å². The molecule has 0 heterocycles. The molecule has 1 unspecified atom stereocenters. The van der Waals surface area contributed by atoms with E-state index in [2.05, 4.69) is 30.3 Å². The van der Waals surface area contributed by atoms with E-state index >= 15 is 0 Å². The molecule has 2 nitrogen and oxygen atoms in total. The number of halogens is 1. The van der Waals surface area contributed by atoms with E-state index in [1.807, 2.05) is 19.1 Å². The minimum atomic E-state index is -1.88. The molecule has 0 radical (unpaired) electrons. The molecule has 0 bridgehead atoms. The lowest BCUT2D eigenvalue weighted by Crippen LogP contribution is -2.00. The van der Waals surface area contributed by atoms with Crippen molar-refractivity contribution < 1.29 is 9.36 Å². The number of benzene rings is 2. The van der Waals surface area contributed by atoms with Gasteiger partial charge in [-0.25, -0.2) is 4.79 Å². The number of carbonyl (C=O) groups is 1. The lowest BCUT2D eigenvalue weighted by Gasteiger charge is -2.03. The molecule has 0 fully saturated rings. The smallest absolute Gasteiger partial charge is 0.234 e. The fourth-order valence-electron chi connectivity index (χ4n) is 3.77. The standard InChI is InChI=1S/C26H35ClO2P/c1-22-16-15-20-24(27)25(22)26(28)30(29)21-14-9-7-5-3-2-4-6-8-11-17-23-18-12-10-13-19-23/h10,12-13,15-16,18-20H,2-9,11,14,17,21H2,1H3/q+1. The highest BCUT2D eigenvalue weighted by Crippen LogP contribution is 2.33. The zero-order chi connectivity index (χ0) is 21.6. The summed E-state index contributed by atoms with van der Waals surface area (Å²) in [5.74, 6) is 0. The van der Waals surface area contributed by atoms with Crippen molar-refractivity contribution in [3.63, 3.8) is 0 Å². The average molecular weight is 446 g/mol. The molecule has 0 aliphatic heterocycles. The SMILES string of the molecule is Cc1cccc(Cl)c1C(=O)[P+](=O)CCCCCCCCCCCCc1ccccc1. The highest BCUT2D eigenvalue weighted by Gasteiger charge is 2.31. The fourth-order valence-corrected chi connectivity index (χ4v) is 5.41. The fraction of sp³-hybridized carbons (Fsp3) is 0.500. The first kappa shape index (κ1) is 24.8. The molecule has 0 aliphatic rings. The first-order valence-corrected chi connectivity index (χ1v) is 13.2. The van der Waals surface area contributed by atoms with Gasteiger partial charge in [0.15, 0.2) is 6.16 Å². The van der Waals surface area contributed by atoms with Crippen LogP contribution in [0, 0.1) is 6.92 Å². The molecule has 0 spiro atoms. The molecule has 2 rings (SSSR count). The summed E-state index contributed by atoms with van der Waals surface area (Å²) < 4.78 is 12.3. The minimum absolute atomic E-state index is 0.291. The van der Waals surface area contributed by atoms with Crippen LogP contribution < -0.4 is 0 Å². The lowest BCUT2D eigenvalue weighted by molar-refractivity contribution is 0.107. The molecule has 0 aliphatic carbocycles. The van der Waals surface area contributed by atoms with E-state index in [0.29, 0.717) is 16.7 Å². The predicted molar refractivity (Wildman–Crippen MR) is 129 cm³/mol. The monoisotopic (exact) mass is 445 g/mol. The Bertz CT molecular complexity index is 769. The van der Waals surface area contributed by atoms with Gasteiger partial charge in [0.1, 0.15) is 0 Å². The third kappa shape index (κ3) is 9.11. The predicted octanol–water partition coefficient (Wildman–Crippen LogP) is 8.76. The van der Waals surface area contributed by atoms with Crippen LogP contribution in [0.4, 0.5) is 0 Å². The summed E-state index contributed by atoms with van der Waals surface area (Å²) in [4.78, 5) is 12.4. The maximum Gasteiger partial charge on any atom is 0.420 e. The van der Waals surface area contributed by atoms with Gasteiger partial charge in [-0.2, -0.15) is 0 Å². The Balaban J connectivity index is 1.44. The van der Waals surface area contributed by atoms with Gasteiger partial charge in [-0.05, 0) is 49.8 Å². The van der Waals surface area contributed by atoms with Gasteiger partial charge in [0.05, 0.1) is 10.6 Å². The summed E-state index contributed by atoms with van der Waals surface area (Å²) in [6.07, 6.45) is 13.8. The molecule has 30 heavy (non-hydrogen) atoms. The van der Waals surface area contributed by atoms with E-state index < -0.39 is 7.80 Å². The topological polar surface area (TPSA) is 34.1 Å². The number of aryl methyl sites for hydroxylation is 2. The third-order valence-electron chi connectivity index (χ3n) is 5.58. The van der Waals surface area contributed by atoms with E-state index in [0.717, 1.165) is 24.8 Å². The van der Waals surface area contributed by atoms with Crippen molar-refractivity contribution in [3.05, 3.63) is 70.2 Å². The normalized spacial score (nSPS) is 11.5. The number of carbonyl (C=O) groups excluding carboxylic acids is 1. The van der Waals surface area contributed by atoms with Gasteiger partial charge in [0.2, 0.25) is 0 Å². The molecule has 4 heteroatoms. The number of unbranched alkanes of at least 4 members (excludes halogenated alkanes) is 9. The Morgan fingerprint density at radius 1 is 0.767 bits per heavy atom. The van der Waals surface area contributed by atoms with Gasteiger partial charge in [0, 0.05) is 0 Å². The zero-order valence-corrected chi connectivity index (χ0v) is 19.9. The Kier molecular flexibility index (Phi) is 12.0. The Hall–Kier alpha value is -1.50. The molecule has 0 saturated heterocycles. The lowest BCUT2D eigenvalue weighted by atomic mass is 10.0. The van der Waals surface area contributed by atoms with E-state index in [4.69, 9.17) is 11.6 Å². The van der Waals surface area contributed by atoms with Crippen molar-refractivity contribution >= 4 is 24.9 Å². The molecule has 1 atom stereocenters. The van der Waals surface area contributed by atoms with Gasteiger partial charge in [-0.3, -0.25) is 0 Å². The van der Waals surface area contributed by atoms with Crippen LogP contribution in [0.5, 0.6) is 0 Å². The van der Waals surface area contributed by atoms with Crippen molar-refractivity contribution in [3.8, 4) is 0 Å². The molecule has 2 aromatic rings. The summed E-state index contributed by atoms with van der Waals surface area (Å²) in [5.41, 5.74) is 2.39. The second kappa shape index (κ2) is 14.5. The van der Waals surface area contributed by atoms with Crippen molar-refractivity contribution in [1.29, 1.82) is 0 Å². The highest BCUT2D eigenvalue weighted by atomic mass is 35.5. The Morgan fingerprint density at radius 3 is 1.93 bits per heavy atom. The van der Waals surface area contributed by atoms with Crippen LogP contribution in [0.25, 0.3) is 0 Å². The number of hydrogen-bond donors (Lipinski definition) is 0. The van der Waals surface area contributed by atoms with E-state index in [1.54, 1.807) is 6.07 Å². The molecule has 2 aromatic carbocycles. The summed E-state index contributed by atoms with van der Waals surface area (Å²) in [6, 6.07) is 16.1. The second-order valence-corrected chi connectivity index (χ2v) is 10.1. The van der Waals surface area contributed by atoms with Crippen LogP contribution >= 0.6 is 19.4 Å². The van der Waals surface area contributed by atoms with Gasteiger partial charge < -0.3 is 0 Å². The summed E-state index contributed by atoms with van der Waals surface area (Å²) in [7, 11) is -1.88. The van der Waals surface area contributed by atoms with Crippen molar-refractivity contribution in [1.82, 2.24) is 0 Å². The molecular weight excluding hydrogens is 411 g/mol. The number of hydrogen-bond acceptors (Lipinski definition) is 2. The Morgan fingerprint density at radius 2 is 1.33 bits per heavy atom. The third-order valence-corrected chi connectivity index (χ3v) is 7.30. The molecule has 0 amide bonds. The van der Waals surface area contributed by atoms with Gasteiger partial charge in [0.25, 0.3) is 0 Å². The summed E-state index contributed by atoms with van der Waals surface area (Å²) >= 11 is 6.12. The van der Waals surface area contributed by atoms with Gasteiger partial charge >= 0.3 is 13.3 Å². The van der Waals surface area contributed by atoms with Crippen molar-refractivity contribution in [2.24, 2.45) is 0 Å². The molecule has 0 saturated carbocycles. The summed E-state index contributed by atoms with van der Waals surface area (Å²) in [6.45, 7) is 1.84. The van der Waals surface area contributed by atoms with Crippen LogP contribution in [0.1, 0.15) is 85.7 Å². The van der Waals surface area contributed by atoms with Gasteiger partial charge in [-0.15, -0.1) is 0 Å². The largest absolute Gasteiger partial charge is 0.420 e. The van der Waals surface area contributed by atoms with Crippen molar-refractivity contribution in [2.75, 3.05) is 6.16 Å². The molecule has 0 N–H and O–H groups in total. The summed E-state index contributed by atoms with van der Waals surface area (Å²) in [5, 5.41) is 0.406.